The summed E-state index contributed by atoms with van der Waals surface area (Å²) in [5.74, 6) is 1.94. The standard InChI is InChI=1S/C25H24FNO4/c1-3-29-23-12-18-11-16(2)30-24(18)13-19(23)15-27-25(28)17-7-9-21(10-8-17)31-22-6-4-5-20(26)14-22/h4-10,12-14,16H,3,11,15H2,1-2H3,(H,27,28). The first kappa shape index (κ1) is 20.7. The van der Waals surface area contributed by atoms with Gasteiger partial charge in [0.1, 0.15) is 34.9 Å². The Hall–Kier alpha value is -3.54. The molecule has 6 heteroatoms. The summed E-state index contributed by atoms with van der Waals surface area (Å²) in [7, 11) is 0. The minimum atomic E-state index is -0.369. The van der Waals surface area contributed by atoms with Crippen LogP contribution in [-0.2, 0) is 13.0 Å². The summed E-state index contributed by atoms with van der Waals surface area (Å²) in [4.78, 5) is 12.6. The highest BCUT2D eigenvalue weighted by atomic mass is 19.1. The van der Waals surface area contributed by atoms with Gasteiger partial charge in [-0.15, -0.1) is 0 Å². The molecule has 1 atom stereocenters. The molecule has 1 aliphatic rings. The molecule has 0 aliphatic carbocycles. The van der Waals surface area contributed by atoms with Gasteiger partial charge in [-0.25, -0.2) is 4.39 Å². The van der Waals surface area contributed by atoms with Gasteiger partial charge in [-0.1, -0.05) is 6.07 Å². The van der Waals surface area contributed by atoms with Crippen LogP contribution in [0.15, 0.2) is 60.7 Å². The Labute approximate surface area is 180 Å². The number of rotatable bonds is 7. The lowest BCUT2D eigenvalue weighted by molar-refractivity contribution is 0.0950. The van der Waals surface area contributed by atoms with Crippen molar-refractivity contribution in [2.24, 2.45) is 0 Å². The average molecular weight is 421 g/mol. The number of hydrogen-bond donors (Lipinski definition) is 1. The Morgan fingerprint density at radius 1 is 1.13 bits per heavy atom. The van der Waals surface area contributed by atoms with E-state index < -0.39 is 0 Å². The van der Waals surface area contributed by atoms with Gasteiger partial charge < -0.3 is 19.5 Å². The van der Waals surface area contributed by atoms with Crippen LogP contribution in [0.25, 0.3) is 0 Å². The highest BCUT2D eigenvalue weighted by Crippen LogP contribution is 2.35. The number of carbonyl (C=O) groups excluding carboxylic acids is 1. The molecule has 0 bridgehead atoms. The zero-order chi connectivity index (χ0) is 21.8. The van der Waals surface area contributed by atoms with Crippen molar-refractivity contribution in [3.8, 4) is 23.0 Å². The predicted octanol–water partition coefficient (Wildman–Crippen LogP) is 5.27. The topological polar surface area (TPSA) is 56.8 Å². The molecule has 31 heavy (non-hydrogen) atoms. The highest BCUT2D eigenvalue weighted by molar-refractivity contribution is 5.94. The van der Waals surface area contributed by atoms with Gasteiger partial charge in [-0.2, -0.15) is 0 Å². The molecule has 0 saturated heterocycles. The van der Waals surface area contributed by atoms with E-state index >= 15 is 0 Å². The van der Waals surface area contributed by atoms with Crippen LogP contribution in [-0.4, -0.2) is 18.6 Å². The molecule has 1 heterocycles. The van der Waals surface area contributed by atoms with Crippen LogP contribution in [0, 0.1) is 5.82 Å². The van der Waals surface area contributed by atoms with Crippen LogP contribution < -0.4 is 19.5 Å². The zero-order valence-electron chi connectivity index (χ0n) is 17.5. The molecule has 0 fully saturated rings. The number of fused-ring (bicyclic) bond motifs is 1. The second kappa shape index (κ2) is 9.08. The fourth-order valence-electron chi connectivity index (χ4n) is 3.53. The summed E-state index contributed by atoms with van der Waals surface area (Å²) >= 11 is 0. The van der Waals surface area contributed by atoms with E-state index in [0.717, 1.165) is 29.0 Å². The monoisotopic (exact) mass is 421 g/mol. The van der Waals surface area contributed by atoms with Crippen molar-refractivity contribution in [2.75, 3.05) is 6.61 Å². The first-order valence-corrected chi connectivity index (χ1v) is 10.3. The number of amides is 1. The third kappa shape index (κ3) is 4.97. The van der Waals surface area contributed by atoms with Gasteiger partial charge in [0, 0.05) is 35.7 Å². The maximum atomic E-state index is 13.3. The Kier molecular flexibility index (Phi) is 6.07. The zero-order valence-corrected chi connectivity index (χ0v) is 17.5. The highest BCUT2D eigenvalue weighted by Gasteiger charge is 2.22. The van der Waals surface area contributed by atoms with E-state index in [0.29, 0.717) is 30.2 Å². The van der Waals surface area contributed by atoms with Crippen molar-refractivity contribution in [1.29, 1.82) is 0 Å². The van der Waals surface area contributed by atoms with E-state index in [2.05, 4.69) is 5.32 Å². The Morgan fingerprint density at radius 3 is 2.68 bits per heavy atom. The third-order valence-electron chi connectivity index (χ3n) is 4.97. The van der Waals surface area contributed by atoms with Gasteiger partial charge >= 0.3 is 0 Å². The van der Waals surface area contributed by atoms with Crippen LogP contribution >= 0.6 is 0 Å². The van der Waals surface area contributed by atoms with Crippen LogP contribution in [0.2, 0.25) is 0 Å². The fraction of sp³-hybridized carbons (Fsp3) is 0.240. The minimum Gasteiger partial charge on any atom is -0.494 e. The van der Waals surface area contributed by atoms with Crippen LogP contribution in [0.4, 0.5) is 4.39 Å². The van der Waals surface area contributed by atoms with E-state index in [1.165, 1.54) is 12.1 Å². The van der Waals surface area contributed by atoms with E-state index in [4.69, 9.17) is 14.2 Å². The average Bonchev–Trinajstić information content (AvgIpc) is 3.11. The number of benzene rings is 3. The van der Waals surface area contributed by atoms with E-state index in [1.54, 1.807) is 36.4 Å². The number of carbonyl (C=O) groups is 1. The molecule has 4 rings (SSSR count). The molecule has 1 N–H and O–H groups in total. The van der Waals surface area contributed by atoms with Gasteiger partial charge in [0.15, 0.2) is 0 Å². The summed E-state index contributed by atoms with van der Waals surface area (Å²) in [5.41, 5.74) is 2.49. The Balaban J connectivity index is 1.41. The van der Waals surface area contributed by atoms with Gasteiger partial charge in [-0.05, 0) is 62.4 Å². The van der Waals surface area contributed by atoms with Gasteiger partial charge in [0.25, 0.3) is 5.91 Å². The van der Waals surface area contributed by atoms with Gasteiger partial charge in [-0.3, -0.25) is 4.79 Å². The Bertz CT molecular complexity index is 1080. The molecular formula is C25H24FNO4. The molecule has 0 radical (unpaired) electrons. The summed E-state index contributed by atoms with van der Waals surface area (Å²) in [5, 5.41) is 2.93. The van der Waals surface area contributed by atoms with E-state index in [-0.39, 0.29) is 17.8 Å². The number of halogens is 1. The quantitative estimate of drug-likeness (QED) is 0.565. The number of hydrogen-bond acceptors (Lipinski definition) is 4. The number of ether oxygens (including phenoxy) is 3. The Morgan fingerprint density at radius 2 is 1.94 bits per heavy atom. The molecule has 3 aromatic rings. The van der Waals surface area contributed by atoms with Crippen LogP contribution in [0.3, 0.4) is 0 Å². The second-order valence-corrected chi connectivity index (χ2v) is 7.40. The fourth-order valence-corrected chi connectivity index (χ4v) is 3.53. The SMILES string of the molecule is CCOc1cc2c(cc1CNC(=O)c1ccc(Oc3cccc(F)c3)cc1)OC(C)C2. The maximum absolute atomic E-state index is 13.3. The van der Waals surface area contributed by atoms with Crippen molar-refractivity contribution in [1.82, 2.24) is 5.32 Å². The first-order chi connectivity index (χ1) is 15.0. The normalized spacial score (nSPS) is 14.5. The lowest BCUT2D eigenvalue weighted by Crippen LogP contribution is -2.23. The molecule has 0 spiro atoms. The van der Waals surface area contributed by atoms with Crippen molar-refractivity contribution in [3.05, 3.63) is 83.2 Å². The minimum absolute atomic E-state index is 0.141. The molecular weight excluding hydrogens is 397 g/mol. The van der Waals surface area contributed by atoms with Gasteiger partial charge in [0.2, 0.25) is 0 Å². The maximum Gasteiger partial charge on any atom is 0.251 e. The molecule has 5 nitrogen and oxygen atoms in total. The van der Waals surface area contributed by atoms with Crippen molar-refractivity contribution < 1.29 is 23.4 Å². The summed E-state index contributed by atoms with van der Waals surface area (Å²) in [6.07, 6.45) is 0.994. The molecule has 0 aromatic heterocycles. The molecule has 1 unspecified atom stereocenters. The van der Waals surface area contributed by atoms with Crippen molar-refractivity contribution >= 4 is 5.91 Å². The van der Waals surface area contributed by atoms with Gasteiger partial charge in [0.05, 0.1) is 6.61 Å². The molecule has 1 amide bonds. The molecule has 160 valence electrons. The third-order valence-corrected chi connectivity index (χ3v) is 4.97. The predicted molar refractivity (Wildman–Crippen MR) is 115 cm³/mol. The van der Waals surface area contributed by atoms with Crippen LogP contribution in [0.1, 0.15) is 35.3 Å². The lowest BCUT2D eigenvalue weighted by atomic mass is 10.1. The smallest absolute Gasteiger partial charge is 0.251 e. The summed E-state index contributed by atoms with van der Waals surface area (Å²) in [6, 6.07) is 16.5. The molecule has 1 aliphatic heterocycles. The molecule has 3 aromatic carbocycles. The van der Waals surface area contributed by atoms with E-state index in [1.807, 2.05) is 26.0 Å². The molecule has 0 saturated carbocycles. The summed E-state index contributed by atoms with van der Waals surface area (Å²) < 4.78 is 30.5. The first-order valence-electron chi connectivity index (χ1n) is 10.3. The van der Waals surface area contributed by atoms with Crippen molar-refractivity contribution in [3.63, 3.8) is 0 Å². The van der Waals surface area contributed by atoms with E-state index in [9.17, 15) is 9.18 Å². The lowest BCUT2D eigenvalue weighted by Gasteiger charge is -2.13. The largest absolute Gasteiger partial charge is 0.494 e. The second-order valence-electron chi connectivity index (χ2n) is 7.40. The van der Waals surface area contributed by atoms with Crippen LogP contribution in [0.5, 0.6) is 23.0 Å². The number of nitrogens with one attached hydrogen (secondary N) is 1. The van der Waals surface area contributed by atoms with Crippen molar-refractivity contribution in [2.45, 2.75) is 32.9 Å². The summed E-state index contributed by atoms with van der Waals surface area (Å²) in [6.45, 7) is 4.83.